The number of aromatic nitrogens is 2. The molecule has 1 aliphatic rings. The number of carbonyl (C=O) groups is 2. The van der Waals surface area contributed by atoms with Gasteiger partial charge in [0, 0.05) is 24.0 Å². The van der Waals surface area contributed by atoms with Gasteiger partial charge in [-0.05, 0) is 43.5 Å². The summed E-state index contributed by atoms with van der Waals surface area (Å²) in [6.45, 7) is 8.00. The summed E-state index contributed by atoms with van der Waals surface area (Å²) in [5.41, 5.74) is 2.35. The number of aliphatic hydroxyl groups is 1. The molecule has 1 amide bonds. The van der Waals surface area contributed by atoms with E-state index in [1.54, 1.807) is 12.1 Å². The molecule has 1 aliphatic heterocycles. The fourth-order valence-electron chi connectivity index (χ4n) is 3.96. The number of cyclic esters (lactones) is 1. The number of hydrogen-bond donors (Lipinski definition) is 4. The fourth-order valence-corrected chi connectivity index (χ4v) is 3.96. The Morgan fingerprint density at radius 2 is 1.89 bits per heavy atom. The first-order chi connectivity index (χ1) is 17.2. The van der Waals surface area contributed by atoms with Crippen molar-refractivity contribution in [2.24, 2.45) is 5.92 Å². The van der Waals surface area contributed by atoms with Gasteiger partial charge in [-0.2, -0.15) is 4.98 Å². The van der Waals surface area contributed by atoms with E-state index in [1.807, 2.05) is 64.1 Å². The van der Waals surface area contributed by atoms with E-state index < -0.39 is 11.6 Å². The third-order valence-electron chi connectivity index (χ3n) is 5.89. The summed E-state index contributed by atoms with van der Waals surface area (Å²) >= 11 is 0. The van der Waals surface area contributed by atoms with E-state index in [2.05, 4.69) is 25.9 Å². The molecule has 1 aromatic heterocycles. The van der Waals surface area contributed by atoms with Crippen molar-refractivity contribution in [3.05, 3.63) is 77.0 Å². The molecule has 0 radical (unpaired) electrons. The van der Waals surface area contributed by atoms with E-state index in [4.69, 9.17) is 4.74 Å². The molecule has 0 bridgehead atoms. The summed E-state index contributed by atoms with van der Waals surface area (Å²) in [6.07, 6.45) is 1.46. The van der Waals surface area contributed by atoms with E-state index in [-0.39, 0.29) is 41.7 Å². The summed E-state index contributed by atoms with van der Waals surface area (Å²) in [4.78, 5) is 33.9. The minimum atomic E-state index is -0.736. The zero-order valence-electron chi connectivity index (χ0n) is 20.8. The van der Waals surface area contributed by atoms with Crippen LogP contribution in [0.5, 0.6) is 0 Å². The van der Waals surface area contributed by atoms with Crippen LogP contribution in [0.2, 0.25) is 0 Å². The van der Waals surface area contributed by atoms with Crippen LogP contribution in [-0.2, 0) is 10.3 Å². The monoisotopic (exact) mass is 489 g/mol. The number of nitrogens with zero attached hydrogens (tertiary/aromatic N) is 2. The number of nitrogens with one attached hydrogen (secondary N) is 3. The second kappa shape index (κ2) is 10.3. The average Bonchev–Trinajstić information content (AvgIpc) is 3.09. The van der Waals surface area contributed by atoms with Gasteiger partial charge < -0.3 is 25.8 Å². The molecule has 0 aliphatic carbocycles. The van der Waals surface area contributed by atoms with E-state index in [1.165, 1.54) is 6.20 Å². The number of hydrogen-bond acceptors (Lipinski definition) is 8. The molecule has 0 spiro atoms. The van der Waals surface area contributed by atoms with Crippen molar-refractivity contribution in [3.63, 3.8) is 0 Å². The van der Waals surface area contributed by atoms with Crippen molar-refractivity contribution in [1.29, 1.82) is 0 Å². The molecule has 188 valence electrons. The van der Waals surface area contributed by atoms with Gasteiger partial charge >= 0.3 is 5.97 Å². The molecule has 4 N–H and O–H groups in total. The molecule has 2 heterocycles. The lowest BCUT2D eigenvalue weighted by Crippen LogP contribution is -2.29. The van der Waals surface area contributed by atoms with Gasteiger partial charge in [0.25, 0.3) is 5.91 Å². The zero-order chi connectivity index (χ0) is 25.9. The molecule has 1 atom stereocenters. The fraction of sp³-hybridized carbons (Fsp3) is 0.333. The van der Waals surface area contributed by atoms with Crippen LogP contribution in [0.3, 0.4) is 0 Å². The second-order valence-corrected chi connectivity index (χ2v) is 9.64. The number of fused-ring (bicyclic) bond motifs is 1. The lowest BCUT2D eigenvalue weighted by Gasteiger charge is -2.20. The van der Waals surface area contributed by atoms with Crippen molar-refractivity contribution in [1.82, 2.24) is 15.3 Å². The minimum absolute atomic E-state index is 0.197. The number of carbonyl (C=O) groups excluding carboxylic acids is 2. The Morgan fingerprint density at radius 3 is 2.58 bits per heavy atom. The summed E-state index contributed by atoms with van der Waals surface area (Å²) in [6, 6.07) is 14.3. The third-order valence-corrected chi connectivity index (χ3v) is 5.89. The van der Waals surface area contributed by atoms with E-state index in [9.17, 15) is 14.7 Å². The van der Waals surface area contributed by atoms with Gasteiger partial charge in [-0.3, -0.25) is 4.79 Å². The highest BCUT2D eigenvalue weighted by Gasteiger charge is 2.37. The Kier molecular flexibility index (Phi) is 7.21. The lowest BCUT2D eigenvalue weighted by molar-refractivity contribution is 0.00953. The van der Waals surface area contributed by atoms with E-state index in [0.717, 1.165) is 11.1 Å². The van der Waals surface area contributed by atoms with Crippen molar-refractivity contribution >= 4 is 29.3 Å². The molecule has 4 rings (SSSR count). The topological polar surface area (TPSA) is 125 Å². The molecular weight excluding hydrogens is 458 g/mol. The number of anilines is 3. The Morgan fingerprint density at radius 1 is 1.14 bits per heavy atom. The van der Waals surface area contributed by atoms with Crippen LogP contribution >= 0.6 is 0 Å². The summed E-state index contributed by atoms with van der Waals surface area (Å²) < 4.78 is 5.45. The Balaban J connectivity index is 1.65. The number of esters is 1. The SMILES string of the molecule is CC(C)CNC(=O)c1cnc(Nc2ccc3c(c2)C(C)(C)OC3=O)nc1N[C@H](CO)c1ccccc1. The summed E-state index contributed by atoms with van der Waals surface area (Å²) in [5.74, 6) is 0.165. The van der Waals surface area contributed by atoms with Crippen LogP contribution < -0.4 is 16.0 Å². The molecule has 3 aromatic rings. The Hall–Kier alpha value is -3.98. The largest absolute Gasteiger partial charge is 0.451 e. The van der Waals surface area contributed by atoms with Crippen LogP contribution in [0, 0.1) is 5.92 Å². The van der Waals surface area contributed by atoms with Crippen LogP contribution in [0.25, 0.3) is 0 Å². The van der Waals surface area contributed by atoms with Gasteiger partial charge in [-0.1, -0.05) is 44.2 Å². The second-order valence-electron chi connectivity index (χ2n) is 9.64. The highest BCUT2D eigenvalue weighted by molar-refractivity contribution is 5.99. The predicted octanol–water partition coefficient (Wildman–Crippen LogP) is 4.16. The van der Waals surface area contributed by atoms with Crippen LogP contribution in [0.4, 0.5) is 17.5 Å². The maximum atomic E-state index is 12.9. The van der Waals surface area contributed by atoms with Gasteiger partial charge in [-0.25, -0.2) is 9.78 Å². The summed E-state index contributed by atoms with van der Waals surface area (Å²) in [7, 11) is 0. The van der Waals surface area contributed by atoms with Gasteiger partial charge in [0.05, 0.1) is 18.2 Å². The molecule has 0 fully saturated rings. The summed E-state index contributed by atoms with van der Waals surface area (Å²) in [5, 5.41) is 19.3. The maximum absolute atomic E-state index is 12.9. The third kappa shape index (κ3) is 5.46. The molecular formula is C27H31N5O4. The minimum Gasteiger partial charge on any atom is -0.451 e. The smallest absolute Gasteiger partial charge is 0.339 e. The Labute approximate surface area is 210 Å². The highest BCUT2D eigenvalue weighted by Crippen LogP contribution is 2.37. The van der Waals surface area contributed by atoms with Crippen LogP contribution in [-0.4, -0.2) is 40.1 Å². The number of rotatable bonds is 9. The molecule has 36 heavy (non-hydrogen) atoms. The van der Waals surface area contributed by atoms with E-state index >= 15 is 0 Å². The standard InChI is InChI=1S/C27H31N5O4/c1-16(2)13-28-24(34)20-14-29-26(32-23(20)31-22(15-33)17-8-6-5-7-9-17)30-18-10-11-19-21(12-18)27(3,4)36-25(19)35/h5-12,14,16,22,33H,13,15H2,1-4H3,(H,28,34)(H2,29,30,31,32)/t22-/m1/s1. The Bertz CT molecular complexity index is 1260. The van der Waals surface area contributed by atoms with Crippen molar-refractivity contribution < 1.29 is 19.4 Å². The molecule has 9 heteroatoms. The van der Waals surface area contributed by atoms with Crippen LogP contribution in [0.15, 0.2) is 54.7 Å². The van der Waals surface area contributed by atoms with Gasteiger partial charge in [0.1, 0.15) is 17.0 Å². The molecule has 2 aromatic carbocycles. The number of aliphatic hydroxyl groups excluding tert-OH is 1. The number of benzene rings is 2. The zero-order valence-corrected chi connectivity index (χ0v) is 20.8. The maximum Gasteiger partial charge on any atom is 0.339 e. The first-order valence-electron chi connectivity index (χ1n) is 11.9. The van der Waals surface area contributed by atoms with Gasteiger partial charge in [0.15, 0.2) is 0 Å². The van der Waals surface area contributed by atoms with Crippen molar-refractivity contribution in [3.8, 4) is 0 Å². The normalized spacial score (nSPS) is 14.7. The average molecular weight is 490 g/mol. The van der Waals surface area contributed by atoms with Crippen molar-refractivity contribution in [2.75, 3.05) is 23.8 Å². The molecule has 0 saturated carbocycles. The lowest BCUT2D eigenvalue weighted by atomic mass is 9.95. The van der Waals surface area contributed by atoms with E-state index in [0.29, 0.717) is 17.8 Å². The van der Waals surface area contributed by atoms with Crippen LogP contribution in [0.1, 0.15) is 65.6 Å². The van der Waals surface area contributed by atoms with Crippen molar-refractivity contribution in [2.45, 2.75) is 39.3 Å². The first-order valence-corrected chi connectivity index (χ1v) is 11.9. The highest BCUT2D eigenvalue weighted by atomic mass is 16.6. The molecule has 0 unspecified atom stereocenters. The first kappa shape index (κ1) is 25.1. The molecule has 9 nitrogen and oxygen atoms in total. The predicted molar refractivity (Wildman–Crippen MR) is 137 cm³/mol. The van der Waals surface area contributed by atoms with Gasteiger partial charge in [0.2, 0.25) is 5.95 Å². The number of amides is 1. The van der Waals surface area contributed by atoms with Gasteiger partial charge in [-0.15, -0.1) is 0 Å². The molecule has 0 saturated heterocycles. The number of ether oxygens (including phenoxy) is 1. The quantitative estimate of drug-likeness (QED) is 0.330.